The number of hydrogen-bond acceptors (Lipinski definition) is 3. The summed E-state index contributed by atoms with van der Waals surface area (Å²) in [5.74, 6) is 1.28. The van der Waals surface area contributed by atoms with Crippen molar-refractivity contribution in [1.82, 2.24) is 14.5 Å². The fraction of sp³-hybridized carbons (Fsp3) is 0.176. The monoisotopic (exact) mass is 296 g/mol. The van der Waals surface area contributed by atoms with E-state index in [1.54, 1.807) is 23.0 Å². The zero-order valence-electron chi connectivity index (χ0n) is 12.5. The molecular weight excluding hydrogens is 279 g/mol. The molecule has 4 nitrogen and oxygen atoms in total. The van der Waals surface area contributed by atoms with Gasteiger partial charge in [0.2, 0.25) is 0 Å². The summed E-state index contributed by atoms with van der Waals surface area (Å²) >= 11 is 0. The van der Waals surface area contributed by atoms with Crippen LogP contribution in [0.25, 0.3) is 5.69 Å². The summed E-state index contributed by atoms with van der Waals surface area (Å²) in [4.78, 5) is 8.48. The first-order valence-electron chi connectivity index (χ1n) is 7.10. The minimum atomic E-state index is -0.266. The van der Waals surface area contributed by atoms with Gasteiger partial charge in [0, 0.05) is 24.6 Å². The number of nitrogens with zero attached hydrogens (tertiary/aromatic N) is 3. The second kappa shape index (κ2) is 5.97. The van der Waals surface area contributed by atoms with Crippen molar-refractivity contribution in [2.24, 2.45) is 0 Å². The van der Waals surface area contributed by atoms with Crippen molar-refractivity contribution < 1.29 is 4.39 Å². The van der Waals surface area contributed by atoms with Crippen LogP contribution in [0, 0.1) is 19.7 Å². The summed E-state index contributed by atoms with van der Waals surface area (Å²) < 4.78 is 16.0. The van der Waals surface area contributed by atoms with Crippen LogP contribution in [-0.2, 0) is 6.54 Å². The van der Waals surface area contributed by atoms with E-state index in [0.29, 0.717) is 12.2 Å². The predicted octanol–water partition coefficient (Wildman–Crippen LogP) is 3.64. The third-order valence-electron chi connectivity index (χ3n) is 3.46. The third kappa shape index (κ3) is 2.98. The summed E-state index contributed by atoms with van der Waals surface area (Å²) in [6, 6.07) is 11.0. The standard InChI is InChI=1S/C17H17FN4/c1-12-4-3-5-17(21-12)20-11-14-6-7-16(15(18)10-14)22-9-8-19-13(22)2/h3-10H,11H2,1-2H3,(H,20,21). The Morgan fingerprint density at radius 3 is 2.73 bits per heavy atom. The van der Waals surface area contributed by atoms with Crippen LogP contribution in [-0.4, -0.2) is 14.5 Å². The van der Waals surface area contributed by atoms with Crippen LogP contribution in [0.3, 0.4) is 0 Å². The highest BCUT2D eigenvalue weighted by atomic mass is 19.1. The number of pyridine rings is 1. The normalized spacial score (nSPS) is 10.7. The average Bonchev–Trinajstić information content (AvgIpc) is 2.91. The molecule has 1 aromatic carbocycles. The first-order chi connectivity index (χ1) is 10.6. The summed E-state index contributed by atoms with van der Waals surface area (Å²) in [5, 5.41) is 3.20. The smallest absolute Gasteiger partial charge is 0.147 e. The molecule has 0 aliphatic heterocycles. The lowest BCUT2D eigenvalue weighted by Gasteiger charge is -2.10. The maximum absolute atomic E-state index is 14.3. The molecule has 0 aliphatic carbocycles. The molecule has 2 heterocycles. The third-order valence-corrected chi connectivity index (χ3v) is 3.46. The molecule has 0 atom stereocenters. The Balaban J connectivity index is 1.76. The minimum absolute atomic E-state index is 0.266. The molecule has 3 rings (SSSR count). The van der Waals surface area contributed by atoms with Crippen molar-refractivity contribution in [3.8, 4) is 5.69 Å². The van der Waals surface area contributed by atoms with Crippen LogP contribution in [0.2, 0.25) is 0 Å². The highest BCUT2D eigenvalue weighted by Gasteiger charge is 2.08. The number of aryl methyl sites for hydroxylation is 2. The average molecular weight is 296 g/mol. The van der Waals surface area contributed by atoms with Crippen LogP contribution in [0.15, 0.2) is 48.8 Å². The van der Waals surface area contributed by atoms with E-state index in [4.69, 9.17) is 0 Å². The molecule has 0 spiro atoms. The minimum Gasteiger partial charge on any atom is -0.366 e. The van der Waals surface area contributed by atoms with Crippen molar-refractivity contribution >= 4 is 5.82 Å². The molecule has 0 bridgehead atoms. The lowest BCUT2D eigenvalue weighted by atomic mass is 10.2. The Labute approximate surface area is 128 Å². The zero-order chi connectivity index (χ0) is 15.5. The molecule has 2 aromatic heterocycles. The number of aromatic nitrogens is 3. The van der Waals surface area contributed by atoms with Crippen LogP contribution < -0.4 is 5.32 Å². The first kappa shape index (κ1) is 14.3. The predicted molar refractivity (Wildman–Crippen MR) is 84.6 cm³/mol. The fourth-order valence-electron chi connectivity index (χ4n) is 2.32. The number of imidazole rings is 1. The highest BCUT2D eigenvalue weighted by molar-refractivity contribution is 5.40. The van der Waals surface area contributed by atoms with E-state index < -0.39 is 0 Å². The molecule has 0 fully saturated rings. The molecule has 22 heavy (non-hydrogen) atoms. The highest BCUT2D eigenvalue weighted by Crippen LogP contribution is 2.17. The number of hydrogen-bond donors (Lipinski definition) is 1. The van der Waals surface area contributed by atoms with Crippen molar-refractivity contribution in [3.63, 3.8) is 0 Å². The SMILES string of the molecule is Cc1cccc(NCc2ccc(-n3ccnc3C)c(F)c2)n1. The van der Waals surface area contributed by atoms with E-state index in [2.05, 4.69) is 15.3 Å². The Morgan fingerprint density at radius 1 is 1.18 bits per heavy atom. The first-order valence-corrected chi connectivity index (χ1v) is 7.10. The van der Waals surface area contributed by atoms with Gasteiger partial charge in [-0.05, 0) is 43.7 Å². The zero-order valence-corrected chi connectivity index (χ0v) is 12.5. The number of anilines is 1. The van der Waals surface area contributed by atoms with Crippen molar-refractivity contribution in [2.45, 2.75) is 20.4 Å². The van der Waals surface area contributed by atoms with Gasteiger partial charge in [0.25, 0.3) is 0 Å². The summed E-state index contributed by atoms with van der Waals surface area (Å²) in [6.45, 7) is 4.31. The number of rotatable bonds is 4. The van der Waals surface area contributed by atoms with Gasteiger partial charge in [-0.3, -0.25) is 0 Å². The van der Waals surface area contributed by atoms with E-state index in [1.165, 1.54) is 6.07 Å². The van der Waals surface area contributed by atoms with E-state index >= 15 is 0 Å². The Bertz CT molecular complexity index is 795. The molecule has 5 heteroatoms. The number of nitrogens with one attached hydrogen (secondary N) is 1. The summed E-state index contributed by atoms with van der Waals surface area (Å²) in [6.07, 6.45) is 3.41. The number of halogens is 1. The molecule has 0 radical (unpaired) electrons. The summed E-state index contributed by atoms with van der Waals surface area (Å²) in [5.41, 5.74) is 2.32. The van der Waals surface area contributed by atoms with Gasteiger partial charge >= 0.3 is 0 Å². The number of benzene rings is 1. The Morgan fingerprint density at radius 2 is 2.05 bits per heavy atom. The van der Waals surface area contributed by atoms with Crippen molar-refractivity contribution in [1.29, 1.82) is 0 Å². The van der Waals surface area contributed by atoms with E-state index in [1.807, 2.05) is 38.1 Å². The van der Waals surface area contributed by atoms with Gasteiger partial charge in [0.05, 0.1) is 5.69 Å². The van der Waals surface area contributed by atoms with Gasteiger partial charge in [0.15, 0.2) is 0 Å². The quantitative estimate of drug-likeness (QED) is 0.799. The molecule has 112 valence electrons. The van der Waals surface area contributed by atoms with Gasteiger partial charge in [0.1, 0.15) is 17.5 Å². The van der Waals surface area contributed by atoms with E-state index in [-0.39, 0.29) is 5.82 Å². The van der Waals surface area contributed by atoms with Gasteiger partial charge in [-0.25, -0.2) is 14.4 Å². The van der Waals surface area contributed by atoms with Gasteiger partial charge in [-0.1, -0.05) is 12.1 Å². The molecule has 0 amide bonds. The second-order valence-corrected chi connectivity index (χ2v) is 5.15. The Hall–Kier alpha value is -2.69. The summed E-state index contributed by atoms with van der Waals surface area (Å²) in [7, 11) is 0. The van der Waals surface area contributed by atoms with Crippen LogP contribution >= 0.6 is 0 Å². The van der Waals surface area contributed by atoms with E-state index in [9.17, 15) is 4.39 Å². The maximum atomic E-state index is 14.3. The largest absolute Gasteiger partial charge is 0.366 e. The lowest BCUT2D eigenvalue weighted by molar-refractivity contribution is 0.614. The Kier molecular flexibility index (Phi) is 3.87. The van der Waals surface area contributed by atoms with Crippen molar-refractivity contribution in [2.75, 3.05) is 5.32 Å². The molecular formula is C17H17FN4. The molecule has 0 saturated heterocycles. The van der Waals surface area contributed by atoms with Gasteiger partial charge < -0.3 is 9.88 Å². The fourth-order valence-corrected chi connectivity index (χ4v) is 2.32. The topological polar surface area (TPSA) is 42.7 Å². The van der Waals surface area contributed by atoms with Crippen LogP contribution in [0.5, 0.6) is 0 Å². The molecule has 0 aliphatic rings. The molecule has 3 aromatic rings. The molecule has 1 N–H and O–H groups in total. The maximum Gasteiger partial charge on any atom is 0.147 e. The van der Waals surface area contributed by atoms with Gasteiger partial charge in [-0.15, -0.1) is 0 Å². The second-order valence-electron chi connectivity index (χ2n) is 5.15. The molecule has 0 saturated carbocycles. The lowest BCUT2D eigenvalue weighted by Crippen LogP contribution is -2.04. The van der Waals surface area contributed by atoms with Gasteiger partial charge in [-0.2, -0.15) is 0 Å². The van der Waals surface area contributed by atoms with E-state index in [0.717, 1.165) is 22.9 Å². The molecule has 0 unspecified atom stereocenters. The van der Waals surface area contributed by atoms with Crippen LogP contribution in [0.1, 0.15) is 17.1 Å². The van der Waals surface area contributed by atoms with Crippen molar-refractivity contribution in [3.05, 3.63) is 71.7 Å². The van der Waals surface area contributed by atoms with Crippen LogP contribution in [0.4, 0.5) is 10.2 Å².